The number of halogens is 2. The predicted molar refractivity (Wildman–Crippen MR) is 87.0 cm³/mol. The van der Waals surface area contributed by atoms with Crippen molar-refractivity contribution in [3.05, 3.63) is 56.9 Å². The van der Waals surface area contributed by atoms with E-state index >= 15 is 0 Å². The molecule has 0 radical (unpaired) electrons. The lowest BCUT2D eigenvalue weighted by molar-refractivity contribution is 0.430. The van der Waals surface area contributed by atoms with E-state index in [1.54, 1.807) is 23.9 Å². The summed E-state index contributed by atoms with van der Waals surface area (Å²) in [6.45, 7) is 1.88. The van der Waals surface area contributed by atoms with Crippen molar-refractivity contribution in [2.24, 2.45) is 4.99 Å². The third-order valence-electron chi connectivity index (χ3n) is 2.57. The van der Waals surface area contributed by atoms with Crippen LogP contribution in [-0.4, -0.2) is 10.2 Å². The van der Waals surface area contributed by atoms with Gasteiger partial charge in [-0.1, -0.05) is 23.7 Å². The minimum absolute atomic E-state index is 0.275. The number of allylic oxidation sites excluding steroid dienone is 3. The molecule has 2 nitrogen and oxygen atoms in total. The molecule has 0 saturated carbocycles. The Morgan fingerprint density at radius 2 is 2.26 bits per heavy atom. The fourth-order valence-electron chi connectivity index (χ4n) is 1.65. The Morgan fingerprint density at radius 1 is 1.47 bits per heavy atom. The van der Waals surface area contributed by atoms with Gasteiger partial charge in [0.15, 0.2) is 0 Å². The van der Waals surface area contributed by atoms with E-state index in [2.05, 4.69) is 20.9 Å². The van der Waals surface area contributed by atoms with Crippen molar-refractivity contribution >= 4 is 44.3 Å². The second-order valence-electron chi connectivity index (χ2n) is 4.13. The summed E-state index contributed by atoms with van der Waals surface area (Å²) in [4.78, 5) is 4.47. The van der Waals surface area contributed by atoms with Gasteiger partial charge in [0.05, 0.1) is 10.1 Å². The monoisotopic (exact) mass is 357 g/mol. The maximum absolute atomic E-state index is 9.52. The van der Waals surface area contributed by atoms with Crippen LogP contribution in [-0.2, 0) is 5.75 Å². The maximum atomic E-state index is 9.52. The summed E-state index contributed by atoms with van der Waals surface area (Å²) in [6.07, 6.45) is 4.08. The quantitative estimate of drug-likeness (QED) is 0.759. The number of aliphatic hydroxyl groups is 1. The molecule has 0 fully saturated rings. The highest BCUT2D eigenvalue weighted by Gasteiger charge is 2.08. The minimum atomic E-state index is 0.275. The number of benzene rings is 1. The van der Waals surface area contributed by atoms with Gasteiger partial charge in [-0.15, -0.1) is 11.8 Å². The first-order valence-electron chi connectivity index (χ1n) is 5.77. The van der Waals surface area contributed by atoms with Crippen molar-refractivity contribution < 1.29 is 5.11 Å². The Balaban J connectivity index is 2.07. The van der Waals surface area contributed by atoms with Crippen LogP contribution in [0.25, 0.3) is 0 Å². The van der Waals surface area contributed by atoms with Crippen LogP contribution in [0.15, 0.2) is 51.3 Å². The van der Waals surface area contributed by atoms with Crippen LogP contribution in [0.1, 0.15) is 18.9 Å². The topological polar surface area (TPSA) is 32.6 Å². The van der Waals surface area contributed by atoms with Gasteiger partial charge in [-0.05, 0) is 40.6 Å². The number of aliphatic hydroxyl groups excluding tert-OH is 1. The van der Waals surface area contributed by atoms with E-state index < -0.39 is 0 Å². The lowest BCUT2D eigenvalue weighted by Crippen LogP contribution is -1.93. The van der Waals surface area contributed by atoms with Gasteiger partial charge in [0.1, 0.15) is 5.76 Å². The molecule has 0 amide bonds. The molecule has 0 unspecified atom stereocenters. The number of hydrogen-bond donors (Lipinski definition) is 1. The van der Waals surface area contributed by atoms with Gasteiger partial charge in [0, 0.05) is 28.4 Å². The van der Waals surface area contributed by atoms with Crippen LogP contribution >= 0.6 is 39.3 Å². The third kappa shape index (κ3) is 4.13. The Labute approximate surface area is 130 Å². The Morgan fingerprint density at radius 3 is 3.05 bits per heavy atom. The normalized spacial score (nSPS) is 15.4. The second-order valence-corrected chi connectivity index (χ2v) is 6.41. The Bertz CT molecular complexity index is 581. The zero-order chi connectivity index (χ0) is 13.8. The molecule has 1 N–H and O–H groups in total. The number of thioether (sulfide) groups is 1. The molecule has 0 aliphatic carbocycles. The number of rotatable bonds is 2. The average Bonchev–Trinajstić information content (AvgIpc) is 2.52. The molecule has 1 aromatic carbocycles. The molecule has 1 heterocycles. The van der Waals surface area contributed by atoms with Crippen molar-refractivity contribution in [1.82, 2.24) is 0 Å². The van der Waals surface area contributed by atoms with Crippen LogP contribution in [0, 0.1) is 0 Å². The van der Waals surface area contributed by atoms with Crippen molar-refractivity contribution in [3.8, 4) is 0 Å². The van der Waals surface area contributed by atoms with Crippen LogP contribution in [0.5, 0.6) is 0 Å². The summed E-state index contributed by atoms with van der Waals surface area (Å²) >= 11 is 11.3. The highest BCUT2D eigenvalue weighted by Crippen LogP contribution is 2.30. The van der Waals surface area contributed by atoms with Gasteiger partial charge < -0.3 is 5.11 Å². The zero-order valence-electron chi connectivity index (χ0n) is 10.4. The fraction of sp³-hybridized carbons (Fsp3) is 0.214. The first kappa shape index (κ1) is 14.7. The van der Waals surface area contributed by atoms with Crippen molar-refractivity contribution in [2.75, 3.05) is 0 Å². The largest absolute Gasteiger partial charge is 0.508 e. The summed E-state index contributed by atoms with van der Waals surface area (Å²) in [5, 5.41) is 11.2. The second kappa shape index (κ2) is 6.64. The van der Waals surface area contributed by atoms with Crippen molar-refractivity contribution in [2.45, 2.75) is 19.1 Å². The van der Waals surface area contributed by atoms with Crippen LogP contribution in [0.4, 0.5) is 0 Å². The first-order valence-corrected chi connectivity index (χ1v) is 7.92. The Hall–Kier alpha value is -0.710. The summed E-state index contributed by atoms with van der Waals surface area (Å²) in [7, 11) is 0. The molecule has 1 aliphatic heterocycles. The Kier molecular flexibility index (Phi) is 5.13. The van der Waals surface area contributed by atoms with Crippen molar-refractivity contribution in [1.29, 1.82) is 0 Å². The van der Waals surface area contributed by atoms with Gasteiger partial charge in [0.2, 0.25) is 0 Å². The van der Waals surface area contributed by atoms with Crippen LogP contribution in [0.2, 0.25) is 5.02 Å². The van der Waals surface area contributed by atoms with E-state index in [0.29, 0.717) is 6.42 Å². The van der Waals surface area contributed by atoms with E-state index in [0.717, 1.165) is 31.6 Å². The fourth-order valence-corrected chi connectivity index (χ4v) is 3.30. The van der Waals surface area contributed by atoms with E-state index in [4.69, 9.17) is 11.6 Å². The molecule has 2 rings (SSSR count). The summed E-state index contributed by atoms with van der Waals surface area (Å²) in [6, 6.07) is 5.90. The molecule has 0 bridgehead atoms. The lowest BCUT2D eigenvalue weighted by Gasteiger charge is -2.06. The van der Waals surface area contributed by atoms with Crippen molar-refractivity contribution in [3.63, 3.8) is 0 Å². The molecule has 0 saturated heterocycles. The molecular weight excluding hydrogens is 346 g/mol. The molecule has 1 aliphatic rings. The summed E-state index contributed by atoms with van der Waals surface area (Å²) in [5.41, 5.74) is 1.89. The first-order chi connectivity index (χ1) is 9.06. The van der Waals surface area contributed by atoms with Gasteiger partial charge >= 0.3 is 0 Å². The third-order valence-corrected chi connectivity index (χ3v) is 4.95. The van der Waals surface area contributed by atoms with Gasteiger partial charge in [-0.25, -0.2) is 0 Å². The van der Waals surface area contributed by atoms with E-state index in [1.807, 2.05) is 25.1 Å². The summed E-state index contributed by atoms with van der Waals surface area (Å²) < 4.78 is 0.906. The van der Waals surface area contributed by atoms with E-state index in [-0.39, 0.29) is 5.76 Å². The van der Waals surface area contributed by atoms with Crippen LogP contribution < -0.4 is 0 Å². The highest BCUT2D eigenvalue weighted by molar-refractivity contribution is 9.10. The smallest absolute Gasteiger partial charge is 0.113 e. The molecule has 0 spiro atoms. The molecule has 0 aromatic heterocycles. The SMILES string of the molecule is CC1=CC(O)=CCC(SCc2cccc(Br)c2Cl)=N1. The predicted octanol–water partition coefficient (Wildman–Crippen LogP) is 5.48. The molecule has 5 heteroatoms. The number of nitrogens with zero attached hydrogens (tertiary/aromatic N) is 1. The minimum Gasteiger partial charge on any atom is -0.508 e. The molecule has 0 atom stereocenters. The number of aliphatic imine (C=N–C) groups is 1. The van der Waals surface area contributed by atoms with E-state index in [9.17, 15) is 5.11 Å². The molecule has 19 heavy (non-hydrogen) atoms. The van der Waals surface area contributed by atoms with Gasteiger partial charge in [-0.2, -0.15) is 0 Å². The van der Waals surface area contributed by atoms with Gasteiger partial charge in [0.25, 0.3) is 0 Å². The standard InChI is InChI=1S/C14H13BrClNOS/c1-9-7-11(18)5-6-13(17-9)19-8-10-3-2-4-12(15)14(10)16/h2-5,7,18H,6,8H2,1H3. The maximum Gasteiger partial charge on any atom is 0.113 e. The molecular formula is C14H13BrClNOS. The zero-order valence-corrected chi connectivity index (χ0v) is 13.5. The van der Waals surface area contributed by atoms with Crippen LogP contribution in [0.3, 0.4) is 0 Å². The lowest BCUT2D eigenvalue weighted by atomic mass is 10.2. The van der Waals surface area contributed by atoms with Gasteiger partial charge in [-0.3, -0.25) is 4.99 Å². The molecule has 100 valence electrons. The molecule has 1 aromatic rings. The highest BCUT2D eigenvalue weighted by atomic mass is 79.9. The summed E-state index contributed by atoms with van der Waals surface area (Å²) in [5.74, 6) is 1.04. The average molecular weight is 359 g/mol. The van der Waals surface area contributed by atoms with E-state index in [1.165, 1.54) is 0 Å². The number of hydrogen-bond acceptors (Lipinski definition) is 3.